The standard InChI is InChI=1S/C11H15N3O2/c1-13(2)14(11(16)12-8-9-15)10-6-4-3-5-7-10/h3-7,9H,8H2,1-2H3,(H,12,16). The molecule has 0 fully saturated rings. The Morgan fingerprint density at radius 3 is 2.44 bits per heavy atom. The Labute approximate surface area is 94.6 Å². The summed E-state index contributed by atoms with van der Waals surface area (Å²) in [4.78, 5) is 21.9. The van der Waals surface area contributed by atoms with Gasteiger partial charge >= 0.3 is 6.03 Å². The number of anilines is 1. The molecule has 0 aliphatic heterocycles. The van der Waals surface area contributed by atoms with Gasteiger partial charge in [-0.3, -0.25) is 0 Å². The summed E-state index contributed by atoms with van der Waals surface area (Å²) in [5.41, 5.74) is 0.746. The maximum atomic E-state index is 11.8. The monoisotopic (exact) mass is 221 g/mol. The predicted octanol–water partition coefficient (Wildman–Crippen LogP) is 0.878. The number of carbonyl (C=O) groups excluding carboxylic acids is 2. The van der Waals surface area contributed by atoms with Gasteiger partial charge in [0.2, 0.25) is 0 Å². The Hall–Kier alpha value is -1.88. The number of urea groups is 1. The molecule has 0 unspecified atom stereocenters. The van der Waals surface area contributed by atoms with E-state index in [1.807, 2.05) is 30.3 Å². The number of hydrogen-bond donors (Lipinski definition) is 1. The van der Waals surface area contributed by atoms with Crippen LogP contribution >= 0.6 is 0 Å². The van der Waals surface area contributed by atoms with Crippen molar-refractivity contribution >= 4 is 18.0 Å². The van der Waals surface area contributed by atoms with Crippen LogP contribution in [0.25, 0.3) is 0 Å². The second kappa shape index (κ2) is 5.87. The van der Waals surface area contributed by atoms with Crippen molar-refractivity contribution in [2.24, 2.45) is 0 Å². The summed E-state index contributed by atoms with van der Waals surface area (Å²) < 4.78 is 0. The highest BCUT2D eigenvalue weighted by Gasteiger charge is 2.16. The van der Waals surface area contributed by atoms with E-state index in [2.05, 4.69) is 5.32 Å². The minimum atomic E-state index is -0.330. The Balaban J connectivity index is 2.83. The second-order valence-electron chi connectivity index (χ2n) is 3.35. The first kappa shape index (κ1) is 12.2. The lowest BCUT2D eigenvalue weighted by Crippen LogP contribution is -2.48. The first-order chi connectivity index (χ1) is 7.66. The minimum Gasteiger partial charge on any atom is -0.330 e. The second-order valence-corrected chi connectivity index (χ2v) is 3.35. The van der Waals surface area contributed by atoms with Crippen molar-refractivity contribution in [2.75, 3.05) is 25.6 Å². The molecular formula is C11H15N3O2. The number of aldehydes is 1. The van der Waals surface area contributed by atoms with Crippen LogP contribution in [-0.2, 0) is 4.79 Å². The van der Waals surface area contributed by atoms with Crippen molar-refractivity contribution in [1.29, 1.82) is 0 Å². The van der Waals surface area contributed by atoms with Crippen molar-refractivity contribution < 1.29 is 9.59 Å². The fraction of sp³-hybridized carbons (Fsp3) is 0.273. The Morgan fingerprint density at radius 1 is 1.31 bits per heavy atom. The molecule has 0 aromatic heterocycles. The van der Waals surface area contributed by atoms with Crippen LogP contribution in [-0.4, -0.2) is 38.0 Å². The maximum absolute atomic E-state index is 11.8. The largest absolute Gasteiger partial charge is 0.337 e. The zero-order chi connectivity index (χ0) is 12.0. The van der Waals surface area contributed by atoms with Crippen molar-refractivity contribution in [1.82, 2.24) is 10.3 Å². The number of rotatable bonds is 4. The summed E-state index contributed by atoms with van der Waals surface area (Å²) in [5, 5.41) is 5.59. The third-order valence-corrected chi connectivity index (χ3v) is 1.93. The molecule has 0 saturated heterocycles. The van der Waals surface area contributed by atoms with Gasteiger partial charge in [-0.15, -0.1) is 0 Å². The summed E-state index contributed by atoms with van der Waals surface area (Å²) in [6.07, 6.45) is 0.650. The van der Waals surface area contributed by atoms with Crippen molar-refractivity contribution in [3.63, 3.8) is 0 Å². The van der Waals surface area contributed by atoms with E-state index >= 15 is 0 Å². The smallest absolute Gasteiger partial charge is 0.330 e. The normalized spacial score (nSPS) is 9.94. The molecule has 16 heavy (non-hydrogen) atoms. The number of benzene rings is 1. The molecule has 0 radical (unpaired) electrons. The minimum absolute atomic E-state index is 0.00993. The lowest BCUT2D eigenvalue weighted by Gasteiger charge is -2.28. The Kier molecular flexibility index (Phi) is 4.47. The molecule has 2 amide bonds. The van der Waals surface area contributed by atoms with E-state index in [9.17, 15) is 9.59 Å². The molecule has 0 spiro atoms. The number of hydrazine groups is 1. The average molecular weight is 221 g/mol. The number of nitrogens with zero attached hydrogens (tertiary/aromatic N) is 2. The topological polar surface area (TPSA) is 52.6 Å². The van der Waals surface area contributed by atoms with Crippen LogP contribution in [0, 0.1) is 0 Å². The summed E-state index contributed by atoms with van der Waals surface area (Å²) in [6, 6.07) is 8.88. The summed E-state index contributed by atoms with van der Waals surface area (Å²) in [5.74, 6) is 0. The first-order valence-corrected chi connectivity index (χ1v) is 4.90. The van der Waals surface area contributed by atoms with Gasteiger partial charge in [0.25, 0.3) is 0 Å². The van der Waals surface area contributed by atoms with Gasteiger partial charge < -0.3 is 10.1 Å². The van der Waals surface area contributed by atoms with Gasteiger partial charge in [0.05, 0.1) is 12.2 Å². The van der Waals surface area contributed by atoms with Gasteiger partial charge in [0.15, 0.2) is 0 Å². The molecule has 1 rings (SSSR count). The van der Waals surface area contributed by atoms with Crippen LogP contribution in [0.3, 0.4) is 0 Å². The number of para-hydroxylation sites is 1. The molecule has 1 aromatic rings. The molecule has 1 N–H and O–H groups in total. The zero-order valence-electron chi connectivity index (χ0n) is 9.38. The molecule has 1 aromatic carbocycles. The molecule has 0 saturated carbocycles. The van der Waals surface area contributed by atoms with Crippen LogP contribution in [0.5, 0.6) is 0 Å². The van der Waals surface area contributed by atoms with Crippen LogP contribution < -0.4 is 10.3 Å². The van der Waals surface area contributed by atoms with Crippen LogP contribution in [0.15, 0.2) is 30.3 Å². The molecule has 0 heterocycles. The highest BCUT2D eigenvalue weighted by Crippen LogP contribution is 2.13. The molecule has 0 aliphatic rings. The van der Waals surface area contributed by atoms with Crippen molar-refractivity contribution in [3.05, 3.63) is 30.3 Å². The summed E-state index contributed by atoms with van der Waals surface area (Å²) in [7, 11) is 3.51. The summed E-state index contributed by atoms with van der Waals surface area (Å²) in [6.45, 7) is 0.00993. The lowest BCUT2D eigenvalue weighted by atomic mass is 10.3. The van der Waals surface area contributed by atoms with E-state index in [0.29, 0.717) is 6.29 Å². The van der Waals surface area contributed by atoms with E-state index in [4.69, 9.17) is 0 Å². The highest BCUT2D eigenvalue weighted by molar-refractivity contribution is 5.91. The number of nitrogens with one attached hydrogen (secondary N) is 1. The molecule has 0 bridgehead atoms. The quantitative estimate of drug-likeness (QED) is 0.606. The van der Waals surface area contributed by atoms with Crippen LogP contribution in [0.1, 0.15) is 0 Å². The van der Waals surface area contributed by atoms with Gasteiger partial charge in [0.1, 0.15) is 6.29 Å². The van der Waals surface area contributed by atoms with E-state index < -0.39 is 0 Å². The Morgan fingerprint density at radius 2 is 1.94 bits per heavy atom. The third kappa shape index (κ3) is 3.06. The number of carbonyl (C=O) groups is 2. The van der Waals surface area contributed by atoms with Gasteiger partial charge in [-0.25, -0.2) is 14.8 Å². The Bertz CT molecular complexity index is 352. The van der Waals surface area contributed by atoms with Crippen molar-refractivity contribution in [2.45, 2.75) is 0 Å². The highest BCUT2D eigenvalue weighted by atomic mass is 16.2. The van der Waals surface area contributed by atoms with Gasteiger partial charge in [-0.05, 0) is 12.1 Å². The molecule has 5 heteroatoms. The number of hydrogen-bond acceptors (Lipinski definition) is 3. The zero-order valence-corrected chi connectivity index (χ0v) is 9.38. The van der Waals surface area contributed by atoms with E-state index in [0.717, 1.165) is 5.69 Å². The van der Waals surface area contributed by atoms with Gasteiger partial charge in [-0.1, -0.05) is 18.2 Å². The lowest BCUT2D eigenvalue weighted by molar-refractivity contribution is -0.107. The molecule has 5 nitrogen and oxygen atoms in total. The van der Waals surface area contributed by atoms with E-state index in [1.54, 1.807) is 19.1 Å². The average Bonchev–Trinajstić information content (AvgIpc) is 2.27. The SMILES string of the molecule is CN(C)N(C(=O)NCC=O)c1ccccc1. The van der Waals surface area contributed by atoms with E-state index in [1.165, 1.54) is 5.01 Å². The van der Waals surface area contributed by atoms with Crippen LogP contribution in [0.2, 0.25) is 0 Å². The van der Waals surface area contributed by atoms with Crippen LogP contribution in [0.4, 0.5) is 10.5 Å². The molecule has 0 atom stereocenters. The third-order valence-electron chi connectivity index (χ3n) is 1.93. The first-order valence-electron chi connectivity index (χ1n) is 4.90. The predicted molar refractivity (Wildman–Crippen MR) is 62.1 cm³/mol. The molecule has 0 aliphatic carbocycles. The van der Waals surface area contributed by atoms with Gasteiger partial charge in [-0.2, -0.15) is 0 Å². The molecular weight excluding hydrogens is 206 g/mol. The van der Waals surface area contributed by atoms with Gasteiger partial charge in [0, 0.05) is 14.1 Å². The fourth-order valence-corrected chi connectivity index (χ4v) is 1.30. The fourth-order valence-electron chi connectivity index (χ4n) is 1.30. The summed E-state index contributed by atoms with van der Waals surface area (Å²) >= 11 is 0. The molecule has 86 valence electrons. The number of amides is 2. The maximum Gasteiger partial charge on any atom is 0.337 e. The van der Waals surface area contributed by atoms with E-state index in [-0.39, 0.29) is 12.6 Å². The van der Waals surface area contributed by atoms with Crippen molar-refractivity contribution in [3.8, 4) is 0 Å².